The molecule has 1 rings (SSSR count). The van der Waals surface area contributed by atoms with Gasteiger partial charge in [-0.15, -0.1) is 0 Å². The van der Waals surface area contributed by atoms with Crippen molar-refractivity contribution in [3.05, 3.63) is 0 Å². The lowest BCUT2D eigenvalue weighted by Crippen LogP contribution is -2.43. The lowest BCUT2D eigenvalue weighted by atomic mass is 10.1. The highest BCUT2D eigenvalue weighted by atomic mass is 32.2. The maximum atomic E-state index is 12.7. The second-order valence-corrected chi connectivity index (χ2v) is 14.2. The fraction of sp³-hybridized carbons (Fsp3) is 0.946. The molecule has 0 aromatic carbocycles. The van der Waals surface area contributed by atoms with Gasteiger partial charge in [-0.3, -0.25) is 14.5 Å². The van der Waals surface area contributed by atoms with Crippen LogP contribution < -0.4 is 0 Å². The summed E-state index contributed by atoms with van der Waals surface area (Å²) in [6.07, 6.45) is 31.7. The van der Waals surface area contributed by atoms with Gasteiger partial charge in [0.2, 0.25) is 0 Å². The first-order chi connectivity index (χ1) is 21.2. The SMILES string of the molecule is CCCCCCCCCCCCCCOC(=O)CC(CC(=O)OCCCCCCCCCCCCCC)N1CCSCC1. The van der Waals surface area contributed by atoms with E-state index in [1.807, 2.05) is 11.8 Å². The summed E-state index contributed by atoms with van der Waals surface area (Å²) in [4.78, 5) is 27.6. The van der Waals surface area contributed by atoms with Gasteiger partial charge in [0.25, 0.3) is 0 Å². The van der Waals surface area contributed by atoms with Crippen molar-refractivity contribution in [2.24, 2.45) is 0 Å². The summed E-state index contributed by atoms with van der Waals surface area (Å²) in [5, 5.41) is 0. The zero-order valence-corrected chi connectivity index (χ0v) is 29.5. The molecule has 254 valence electrons. The van der Waals surface area contributed by atoms with E-state index in [-0.39, 0.29) is 30.8 Å². The van der Waals surface area contributed by atoms with Gasteiger partial charge in [-0.25, -0.2) is 0 Å². The van der Waals surface area contributed by atoms with E-state index < -0.39 is 0 Å². The minimum absolute atomic E-state index is 0.107. The molecule has 1 fully saturated rings. The number of rotatable bonds is 31. The third-order valence-corrected chi connectivity index (χ3v) is 9.83. The Labute approximate surface area is 271 Å². The summed E-state index contributed by atoms with van der Waals surface area (Å²) in [6, 6.07) is -0.107. The average Bonchev–Trinajstić information content (AvgIpc) is 3.02. The molecule has 0 aromatic rings. The molecule has 6 heteroatoms. The number of unbranched alkanes of at least 4 members (excludes halogenated alkanes) is 22. The standard InChI is InChI=1S/C37H71NO4S/c1-3-5-7-9-11-13-15-17-19-21-23-25-29-41-36(39)33-35(38-27-31-43-32-28-38)34-37(40)42-30-26-24-22-20-18-16-14-12-10-8-6-4-2/h35H,3-34H2,1-2H3. The van der Waals surface area contributed by atoms with Crippen molar-refractivity contribution in [2.75, 3.05) is 37.8 Å². The quantitative estimate of drug-likeness (QED) is 0.0564. The Bertz CT molecular complexity index is 582. The molecule has 0 spiro atoms. The maximum absolute atomic E-state index is 12.7. The first-order valence-corrected chi connectivity index (χ1v) is 20.0. The van der Waals surface area contributed by atoms with Crippen LogP contribution in [-0.2, 0) is 19.1 Å². The van der Waals surface area contributed by atoms with Crippen molar-refractivity contribution in [1.29, 1.82) is 0 Å². The van der Waals surface area contributed by atoms with E-state index in [2.05, 4.69) is 18.7 Å². The van der Waals surface area contributed by atoms with Gasteiger partial charge in [0.15, 0.2) is 0 Å². The Balaban J connectivity index is 2.10. The highest BCUT2D eigenvalue weighted by Crippen LogP contribution is 2.19. The molecule has 0 bridgehead atoms. The van der Waals surface area contributed by atoms with E-state index in [9.17, 15) is 9.59 Å². The van der Waals surface area contributed by atoms with Crippen molar-refractivity contribution in [1.82, 2.24) is 4.90 Å². The van der Waals surface area contributed by atoms with Gasteiger partial charge in [0, 0.05) is 30.6 Å². The van der Waals surface area contributed by atoms with Crippen LogP contribution in [0.4, 0.5) is 0 Å². The molecular formula is C37H71NO4S. The summed E-state index contributed by atoms with van der Waals surface area (Å²) in [5.41, 5.74) is 0. The Morgan fingerprint density at radius 1 is 0.512 bits per heavy atom. The molecule has 0 unspecified atom stereocenters. The van der Waals surface area contributed by atoms with Crippen LogP contribution in [0.3, 0.4) is 0 Å². The predicted molar refractivity (Wildman–Crippen MR) is 186 cm³/mol. The first-order valence-electron chi connectivity index (χ1n) is 18.8. The van der Waals surface area contributed by atoms with Crippen LogP contribution in [0, 0.1) is 0 Å². The van der Waals surface area contributed by atoms with Crippen molar-refractivity contribution in [3.63, 3.8) is 0 Å². The number of carbonyl (C=O) groups excluding carboxylic acids is 2. The molecule has 43 heavy (non-hydrogen) atoms. The normalized spacial score (nSPS) is 13.9. The van der Waals surface area contributed by atoms with Gasteiger partial charge < -0.3 is 9.47 Å². The monoisotopic (exact) mass is 626 g/mol. The van der Waals surface area contributed by atoms with Crippen LogP contribution in [0.5, 0.6) is 0 Å². The van der Waals surface area contributed by atoms with Crippen molar-refractivity contribution in [3.8, 4) is 0 Å². The van der Waals surface area contributed by atoms with Crippen LogP contribution in [0.15, 0.2) is 0 Å². The van der Waals surface area contributed by atoms with Crippen LogP contribution in [-0.4, -0.2) is 60.7 Å². The second kappa shape index (κ2) is 31.2. The highest BCUT2D eigenvalue weighted by molar-refractivity contribution is 7.99. The van der Waals surface area contributed by atoms with Gasteiger partial charge in [-0.1, -0.05) is 155 Å². The fourth-order valence-corrected chi connectivity index (χ4v) is 6.97. The Kier molecular flexibility index (Phi) is 29.3. The number of hydrogen-bond acceptors (Lipinski definition) is 6. The lowest BCUT2D eigenvalue weighted by Gasteiger charge is -2.33. The van der Waals surface area contributed by atoms with Crippen molar-refractivity contribution >= 4 is 23.7 Å². The predicted octanol–water partition coefficient (Wildman–Crippen LogP) is 10.7. The lowest BCUT2D eigenvalue weighted by molar-refractivity contribution is -0.148. The number of thioether (sulfide) groups is 1. The molecule has 0 atom stereocenters. The topological polar surface area (TPSA) is 55.8 Å². The number of ether oxygens (including phenoxy) is 2. The second-order valence-electron chi connectivity index (χ2n) is 12.9. The largest absolute Gasteiger partial charge is 0.466 e. The molecule has 0 radical (unpaired) electrons. The van der Waals surface area contributed by atoms with Gasteiger partial charge in [-0.2, -0.15) is 11.8 Å². The molecule has 1 aliphatic rings. The van der Waals surface area contributed by atoms with Crippen LogP contribution in [0.2, 0.25) is 0 Å². The maximum Gasteiger partial charge on any atom is 0.307 e. The number of hydrogen-bond donors (Lipinski definition) is 0. The minimum atomic E-state index is -0.167. The average molecular weight is 626 g/mol. The van der Waals surface area contributed by atoms with Gasteiger partial charge in [0.05, 0.1) is 26.1 Å². The summed E-state index contributed by atoms with van der Waals surface area (Å²) in [5.74, 6) is 1.77. The van der Waals surface area contributed by atoms with Crippen LogP contribution >= 0.6 is 11.8 Å². The Morgan fingerprint density at radius 3 is 1.14 bits per heavy atom. The van der Waals surface area contributed by atoms with Crippen molar-refractivity contribution in [2.45, 2.75) is 187 Å². The summed E-state index contributed by atoms with van der Waals surface area (Å²) < 4.78 is 11.2. The van der Waals surface area contributed by atoms with E-state index in [1.54, 1.807) is 0 Å². The third-order valence-electron chi connectivity index (χ3n) is 8.89. The fourth-order valence-electron chi connectivity index (χ4n) is 6.03. The summed E-state index contributed by atoms with van der Waals surface area (Å²) in [6.45, 7) is 7.39. The third kappa shape index (κ3) is 26.2. The molecule has 0 aromatic heterocycles. The summed E-state index contributed by atoms with van der Waals surface area (Å²) in [7, 11) is 0. The first kappa shape index (κ1) is 40.3. The van der Waals surface area contributed by atoms with Crippen LogP contribution in [0.1, 0.15) is 181 Å². The number of carbonyl (C=O) groups is 2. The molecule has 1 heterocycles. The highest BCUT2D eigenvalue weighted by Gasteiger charge is 2.27. The van der Waals surface area contributed by atoms with Crippen LogP contribution in [0.25, 0.3) is 0 Å². The zero-order valence-electron chi connectivity index (χ0n) is 28.7. The van der Waals surface area contributed by atoms with Crippen molar-refractivity contribution < 1.29 is 19.1 Å². The molecular weight excluding hydrogens is 554 g/mol. The van der Waals surface area contributed by atoms with E-state index in [0.29, 0.717) is 13.2 Å². The molecule has 5 nitrogen and oxygen atoms in total. The Morgan fingerprint density at radius 2 is 0.814 bits per heavy atom. The van der Waals surface area contributed by atoms with Gasteiger partial charge in [0.1, 0.15) is 0 Å². The molecule has 0 aliphatic carbocycles. The Hall–Kier alpha value is -0.750. The van der Waals surface area contributed by atoms with Gasteiger partial charge >= 0.3 is 11.9 Å². The van der Waals surface area contributed by atoms with E-state index in [1.165, 1.54) is 128 Å². The molecule has 1 saturated heterocycles. The number of esters is 2. The molecule has 0 N–H and O–H groups in total. The zero-order chi connectivity index (χ0) is 31.1. The molecule has 1 aliphatic heterocycles. The molecule has 0 saturated carbocycles. The van der Waals surface area contributed by atoms with E-state index in [0.717, 1.165) is 50.3 Å². The van der Waals surface area contributed by atoms with E-state index in [4.69, 9.17) is 9.47 Å². The van der Waals surface area contributed by atoms with E-state index >= 15 is 0 Å². The van der Waals surface area contributed by atoms with Gasteiger partial charge in [-0.05, 0) is 12.8 Å². The minimum Gasteiger partial charge on any atom is -0.466 e. The smallest absolute Gasteiger partial charge is 0.307 e. The number of nitrogens with zero attached hydrogens (tertiary/aromatic N) is 1. The molecule has 0 amide bonds. The summed E-state index contributed by atoms with van der Waals surface area (Å²) >= 11 is 1.94.